The predicted octanol–water partition coefficient (Wildman–Crippen LogP) is 4.50. The van der Waals surface area contributed by atoms with Gasteiger partial charge >= 0.3 is 5.97 Å². The first kappa shape index (κ1) is 21.3. The summed E-state index contributed by atoms with van der Waals surface area (Å²) in [6.07, 6.45) is 0.0786. The zero-order valence-electron chi connectivity index (χ0n) is 17.5. The number of nitrogens with zero attached hydrogens (tertiary/aromatic N) is 1. The van der Waals surface area contributed by atoms with Crippen molar-refractivity contribution in [1.82, 2.24) is 10.5 Å². The van der Waals surface area contributed by atoms with E-state index >= 15 is 0 Å². The van der Waals surface area contributed by atoms with Crippen molar-refractivity contribution < 1.29 is 18.8 Å². The first-order valence-electron chi connectivity index (χ1n) is 9.88. The third-order valence-electron chi connectivity index (χ3n) is 4.63. The van der Waals surface area contributed by atoms with E-state index in [1.54, 1.807) is 18.2 Å². The highest BCUT2D eigenvalue weighted by molar-refractivity contribution is 5.94. The predicted molar refractivity (Wildman–Crippen MR) is 114 cm³/mol. The van der Waals surface area contributed by atoms with Crippen LogP contribution in [0.2, 0.25) is 0 Å². The molecule has 3 rings (SSSR count). The van der Waals surface area contributed by atoms with Gasteiger partial charge in [-0.2, -0.15) is 0 Å². The first-order valence-corrected chi connectivity index (χ1v) is 9.88. The van der Waals surface area contributed by atoms with E-state index < -0.39 is 5.97 Å². The normalized spacial score (nSPS) is 11.2. The van der Waals surface area contributed by atoms with Crippen molar-refractivity contribution in [2.45, 2.75) is 39.2 Å². The maximum atomic E-state index is 12.2. The first-order chi connectivity index (χ1) is 14.3. The number of esters is 1. The van der Waals surface area contributed by atoms with E-state index in [4.69, 9.17) is 9.26 Å². The summed E-state index contributed by atoms with van der Waals surface area (Å²) in [7, 11) is 0. The van der Waals surface area contributed by atoms with Gasteiger partial charge in [0.1, 0.15) is 12.3 Å². The molecule has 0 atom stereocenters. The molecule has 1 N–H and O–H groups in total. The number of nitrogens with one attached hydrogen (secondary N) is 1. The topological polar surface area (TPSA) is 81.4 Å². The van der Waals surface area contributed by atoms with Gasteiger partial charge in [0.05, 0.1) is 6.42 Å². The van der Waals surface area contributed by atoms with E-state index in [0.717, 1.165) is 11.1 Å². The number of benzene rings is 2. The van der Waals surface area contributed by atoms with Crippen LogP contribution in [0.15, 0.2) is 65.2 Å². The van der Waals surface area contributed by atoms with Gasteiger partial charge in [-0.05, 0) is 23.1 Å². The fraction of sp³-hybridized carbons (Fsp3) is 0.292. The van der Waals surface area contributed by atoms with E-state index in [2.05, 4.69) is 31.2 Å². The van der Waals surface area contributed by atoms with Crippen molar-refractivity contribution in [3.05, 3.63) is 77.5 Å². The third kappa shape index (κ3) is 5.80. The van der Waals surface area contributed by atoms with Gasteiger partial charge < -0.3 is 14.6 Å². The number of carbonyl (C=O) groups is 2. The second kappa shape index (κ2) is 9.39. The van der Waals surface area contributed by atoms with Gasteiger partial charge in [0.15, 0.2) is 5.76 Å². The van der Waals surface area contributed by atoms with Crippen molar-refractivity contribution in [2.24, 2.45) is 0 Å². The molecule has 0 fully saturated rings. The van der Waals surface area contributed by atoms with Gasteiger partial charge in [0, 0.05) is 23.7 Å². The summed E-state index contributed by atoms with van der Waals surface area (Å²) in [4.78, 5) is 24.2. The quantitative estimate of drug-likeness (QED) is 0.584. The Hall–Kier alpha value is -3.41. The minimum absolute atomic E-state index is 0.0252. The van der Waals surface area contributed by atoms with Crippen molar-refractivity contribution in [3.63, 3.8) is 0 Å². The Morgan fingerprint density at radius 3 is 2.40 bits per heavy atom. The van der Waals surface area contributed by atoms with Crippen molar-refractivity contribution in [3.8, 4) is 11.3 Å². The second-order valence-corrected chi connectivity index (χ2v) is 8.04. The lowest BCUT2D eigenvalue weighted by molar-refractivity contribution is -0.144. The van der Waals surface area contributed by atoms with Crippen LogP contribution in [0, 0.1) is 0 Å². The Balaban J connectivity index is 1.41. The van der Waals surface area contributed by atoms with Crippen LogP contribution in [0.25, 0.3) is 11.3 Å². The molecule has 0 bridgehead atoms. The Bertz CT molecular complexity index is 986. The molecule has 6 heteroatoms. The number of rotatable bonds is 7. The average molecular weight is 406 g/mol. The van der Waals surface area contributed by atoms with Crippen LogP contribution in [-0.2, 0) is 21.6 Å². The van der Waals surface area contributed by atoms with E-state index in [-0.39, 0.29) is 30.9 Å². The summed E-state index contributed by atoms with van der Waals surface area (Å²) in [5.74, 6) is -0.0127. The maximum absolute atomic E-state index is 12.2. The highest BCUT2D eigenvalue weighted by Gasteiger charge is 2.14. The standard InChI is InChI=1S/C24H26N2O4/c1-24(2,3)19-11-9-18(10-12-19)23(28)25-14-13-22(27)29-16-20-15-21(30-26-20)17-7-5-4-6-8-17/h4-12,15H,13-14,16H2,1-3H3,(H,25,28). The van der Waals surface area contributed by atoms with Crippen LogP contribution in [0.4, 0.5) is 0 Å². The molecule has 1 amide bonds. The second-order valence-electron chi connectivity index (χ2n) is 8.04. The molecule has 6 nitrogen and oxygen atoms in total. The molecule has 2 aromatic carbocycles. The third-order valence-corrected chi connectivity index (χ3v) is 4.63. The summed E-state index contributed by atoms with van der Waals surface area (Å²) in [6, 6.07) is 18.8. The number of hydrogen-bond donors (Lipinski definition) is 1. The van der Waals surface area contributed by atoms with Gasteiger partial charge in [0.2, 0.25) is 0 Å². The maximum Gasteiger partial charge on any atom is 0.307 e. The molecule has 0 saturated heterocycles. The Labute approximate surface area is 176 Å². The van der Waals surface area contributed by atoms with Crippen molar-refractivity contribution in [1.29, 1.82) is 0 Å². The molecule has 30 heavy (non-hydrogen) atoms. The molecule has 0 saturated carbocycles. The van der Waals surface area contributed by atoms with Crippen LogP contribution in [0.3, 0.4) is 0 Å². The van der Waals surface area contributed by atoms with Crippen LogP contribution in [-0.4, -0.2) is 23.6 Å². The van der Waals surface area contributed by atoms with Gasteiger partial charge in [-0.3, -0.25) is 9.59 Å². The molecule has 0 aliphatic rings. The molecule has 0 aliphatic carbocycles. The van der Waals surface area contributed by atoms with Crippen molar-refractivity contribution >= 4 is 11.9 Å². The molecule has 1 heterocycles. The fourth-order valence-corrected chi connectivity index (χ4v) is 2.85. The number of hydrogen-bond acceptors (Lipinski definition) is 5. The molecule has 0 spiro atoms. The SMILES string of the molecule is CC(C)(C)c1ccc(C(=O)NCCC(=O)OCc2cc(-c3ccccc3)on2)cc1. The minimum atomic E-state index is -0.414. The van der Waals surface area contributed by atoms with Crippen molar-refractivity contribution in [2.75, 3.05) is 6.54 Å². The van der Waals surface area contributed by atoms with Crippen LogP contribution < -0.4 is 5.32 Å². The van der Waals surface area contributed by atoms with E-state index in [9.17, 15) is 9.59 Å². The lowest BCUT2D eigenvalue weighted by Gasteiger charge is -2.19. The van der Waals surface area contributed by atoms with Gasteiger partial charge in [0.25, 0.3) is 5.91 Å². The summed E-state index contributed by atoms with van der Waals surface area (Å²) in [5, 5.41) is 6.65. The van der Waals surface area contributed by atoms with Crippen LogP contribution in [0.5, 0.6) is 0 Å². The Morgan fingerprint density at radius 2 is 1.73 bits per heavy atom. The Morgan fingerprint density at radius 1 is 1.03 bits per heavy atom. The molecule has 0 aliphatic heterocycles. The molecule has 0 radical (unpaired) electrons. The van der Waals surface area contributed by atoms with E-state index in [0.29, 0.717) is 17.0 Å². The Kier molecular flexibility index (Phi) is 6.67. The fourth-order valence-electron chi connectivity index (χ4n) is 2.85. The van der Waals surface area contributed by atoms with Crippen LogP contribution in [0.1, 0.15) is 48.8 Å². The number of aromatic nitrogens is 1. The average Bonchev–Trinajstić information content (AvgIpc) is 3.21. The lowest BCUT2D eigenvalue weighted by Crippen LogP contribution is -2.26. The smallest absolute Gasteiger partial charge is 0.307 e. The zero-order chi connectivity index (χ0) is 21.6. The number of ether oxygens (including phenoxy) is 1. The van der Waals surface area contributed by atoms with Crippen LogP contribution >= 0.6 is 0 Å². The van der Waals surface area contributed by atoms with Gasteiger partial charge in [-0.15, -0.1) is 0 Å². The molecular weight excluding hydrogens is 380 g/mol. The summed E-state index contributed by atoms with van der Waals surface area (Å²) in [6.45, 7) is 6.59. The minimum Gasteiger partial charge on any atom is -0.459 e. The molecule has 1 aromatic heterocycles. The largest absolute Gasteiger partial charge is 0.459 e. The van der Waals surface area contributed by atoms with E-state index in [1.165, 1.54) is 0 Å². The summed E-state index contributed by atoms with van der Waals surface area (Å²) in [5.41, 5.74) is 3.19. The summed E-state index contributed by atoms with van der Waals surface area (Å²) < 4.78 is 10.5. The number of carbonyl (C=O) groups excluding carboxylic acids is 2. The molecule has 0 unspecified atom stereocenters. The zero-order valence-corrected chi connectivity index (χ0v) is 17.5. The summed E-state index contributed by atoms with van der Waals surface area (Å²) >= 11 is 0. The lowest BCUT2D eigenvalue weighted by atomic mass is 9.87. The molecule has 3 aromatic rings. The van der Waals surface area contributed by atoms with Gasteiger partial charge in [-0.1, -0.05) is 68.4 Å². The van der Waals surface area contributed by atoms with E-state index in [1.807, 2.05) is 42.5 Å². The molecular formula is C24H26N2O4. The highest BCUT2D eigenvalue weighted by atomic mass is 16.5. The van der Waals surface area contributed by atoms with Gasteiger partial charge in [-0.25, -0.2) is 0 Å². The monoisotopic (exact) mass is 406 g/mol. The highest BCUT2D eigenvalue weighted by Crippen LogP contribution is 2.22. The molecule has 156 valence electrons. The number of amides is 1.